The molecule has 1 N–H and O–H groups in total. The number of hydrogen-bond acceptors (Lipinski definition) is 3. The van der Waals surface area contributed by atoms with Crippen LogP contribution < -0.4 is 0 Å². The third kappa shape index (κ3) is 1.84. The lowest BCUT2D eigenvalue weighted by molar-refractivity contribution is 0.0330. The number of alkyl halides is 1. The lowest BCUT2D eigenvalue weighted by Gasteiger charge is -2.29. The number of nitrogens with zero attached hydrogens (tertiary/aromatic N) is 1. The van der Waals surface area contributed by atoms with E-state index in [0.29, 0.717) is 13.0 Å². The van der Waals surface area contributed by atoms with Gasteiger partial charge >= 0.3 is 0 Å². The Labute approximate surface area is 64.5 Å². The summed E-state index contributed by atoms with van der Waals surface area (Å²) in [6.07, 6.45) is 0.691. The van der Waals surface area contributed by atoms with Crippen LogP contribution >= 0.6 is 11.9 Å². The maximum absolute atomic E-state index is 12.7. The highest BCUT2D eigenvalue weighted by Crippen LogP contribution is 2.18. The predicted octanol–water partition coefficient (Wildman–Crippen LogP) is 0.669. The van der Waals surface area contributed by atoms with Crippen LogP contribution in [0.5, 0.6) is 0 Å². The quantitative estimate of drug-likeness (QED) is 0.578. The van der Waals surface area contributed by atoms with Gasteiger partial charge in [-0.2, -0.15) is 0 Å². The molecule has 0 radical (unpaired) electrons. The van der Waals surface area contributed by atoms with Crippen molar-refractivity contribution in [2.24, 2.45) is 0 Å². The molecule has 4 heteroatoms. The van der Waals surface area contributed by atoms with Crippen molar-refractivity contribution < 1.29 is 9.50 Å². The smallest absolute Gasteiger partial charge is 0.139 e. The highest BCUT2D eigenvalue weighted by atomic mass is 32.2. The molecule has 1 heterocycles. The molecule has 0 saturated carbocycles. The van der Waals surface area contributed by atoms with E-state index in [1.165, 1.54) is 11.9 Å². The Balaban J connectivity index is 2.33. The van der Waals surface area contributed by atoms with E-state index in [-0.39, 0.29) is 0 Å². The largest absolute Gasteiger partial charge is 0.390 e. The first-order valence-corrected chi connectivity index (χ1v) is 4.53. The van der Waals surface area contributed by atoms with E-state index >= 15 is 0 Å². The van der Waals surface area contributed by atoms with Crippen molar-refractivity contribution in [3.63, 3.8) is 0 Å². The fourth-order valence-electron chi connectivity index (χ4n) is 1.03. The molecule has 10 heavy (non-hydrogen) atoms. The number of aliphatic hydroxyl groups excluding tert-OH is 1. The molecule has 60 valence electrons. The summed E-state index contributed by atoms with van der Waals surface area (Å²) >= 11 is 1.53. The molecule has 0 aromatic heterocycles. The van der Waals surface area contributed by atoms with Gasteiger partial charge in [0, 0.05) is 13.1 Å². The summed E-state index contributed by atoms with van der Waals surface area (Å²) in [6.45, 7) is 1.16. The van der Waals surface area contributed by atoms with E-state index in [1.54, 1.807) is 0 Å². The normalized spacial score (nSPS) is 36.3. The first kappa shape index (κ1) is 8.30. The molecule has 0 aromatic carbocycles. The van der Waals surface area contributed by atoms with Crippen LogP contribution in [0.25, 0.3) is 0 Å². The van der Waals surface area contributed by atoms with Gasteiger partial charge in [0.1, 0.15) is 6.17 Å². The summed E-state index contributed by atoms with van der Waals surface area (Å²) in [4.78, 5) is 0. The fourth-order valence-corrected chi connectivity index (χ4v) is 1.61. The van der Waals surface area contributed by atoms with Gasteiger partial charge in [-0.1, -0.05) is 11.9 Å². The molecule has 1 rings (SSSR count). The van der Waals surface area contributed by atoms with Crippen molar-refractivity contribution in [2.75, 3.05) is 19.3 Å². The molecular weight excluding hydrogens is 153 g/mol. The van der Waals surface area contributed by atoms with E-state index < -0.39 is 12.3 Å². The average molecular weight is 165 g/mol. The molecule has 2 nitrogen and oxygen atoms in total. The van der Waals surface area contributed by atoms with Crippen molar-refractivity contribution in [2.45, 2.75) is 18.7 Å². The van der Waals surface area contributed by atoms with Gasteiger partial charge in [-0.25, -0.2) is 8.70 Å². The summed E-state index contributed by atoms with van der Waals surface area (Å²) in [7, 11) is 0. The Morgan fingerprint density at radius 3 is 2.90 bits per heavy atom. The topological polar surface area (TPSA) is 23.5 Å². The van der Waals surface area contributed by atoms with Crippen LogP contribution in [0.2, 0.25) is 0 Å². The Kier molecular flexibility index (Phi) is 2.95. The molecule has 0 amide bonds. The van der Waals surface area contributed by atoms with Crippen LogP contribution in [0.3, 0.4) is 0 Å². The third-order valence-electron chi connectivity index (χ3n) is 1.73. The highest BCUT2D eigenvalue weighted by Gasteiger charge is 2.26. The Bertz CT molecular complexity index is 114. The fraction of sp³-hybridized carbons (Fsp3) is 1.00. The maximum Gasteiger partial charge on any atom is 0.139 e. The van der Waals surface area contributed by atoms with Crippen LogP contribution in [0.15, 0.2) is 0 Å². The minimum atomic E-state index is -1.05. The molecule has 0 bridgehead atoms. The molecule has 0 unspecified atom stereocenters. The number of hydrogen-bond donors (Lipinski definition) is 1. The zero-order chi connectivity index (χ0) is 7.56. The van der Waals surface area contributed by atoms with Crippen LogP contribution in [0.1, 0.15) is 6.42 Å². The second kappa shape index (κ2) is 3.55. The Morgan fingerprint density at radius 1 is 1.70 bits per heavy atom. The first-order chi connectivity index (χ1) is 4.74. The van der Waals surface area contributed by atoms with Crippen molar-refractivity contribution in [3.8, 4) is 0 Å². The minimum Gasteiger partial charge on any atom is -0.390 e. The van der Waals surface area contributed by atoms with Crippen LogP contribution in [0, 0.1) is 0 Å². The van der Waals surface area contributed by atoms with Crippen LogP contribution in [-0.4, -0.2) is 41.0 Å². The Hall–Kier alpha value is 0.200. The van der Waals surface area contributed by atoms with Gasteiger partial charge in [0.2, 0.25) is 0 Å². The average Bonchev–Trinajstić information content (AvgIpc) is 1.95. The molecule has 0 aliphatic carbocycles. The van der Waals surface area contributed by atoms with Gasteiger partial charge in [-0.15, -0.1) is 0 Å². The van der Waals surface area contributed by atoms with E-state index in [4.69, 9.17) is 5.11 Å². The van der Waals surface area contributed by atoms with Crippen LogP contribution in [0.4, 0.5) is 4.39 Å². The number of halogens is 1. The van der Waals surface area contributed by atoms with E-state index in [0.717, 1.165) is 6.54 Å². The second-order valence-corrected chi connectivity index (χ2v) is 3.32. The monoisotopic (exact) mass is 165 g/mol. The molecule has 1 aliphatic rings. The molecule has 1 aliphatic heterocycles. The zero-order valence-corrected chi connectivity index (χ0v) is 6.77. The lowest BCUT2D eigenvalue weighted by atomic mass is 10.1. The van der Waals surface area contributed by atoms with Gasteiger partial charge < -0.3 is 5.11 Å². The summed E-state index contributed by atoms with van der Waals surface area (Å²) in [5, 5.41) is 8.98. The predicted molar refractivity (Wildman–Crippen MR) is 40.6 cm³/mol. The third-order valence-corrected chi connectivity index (χ3v) is 2.58. The maximum atomic E-state index is 12.7. The SMILES string of the molecule is CSN1CC[C@@H](O)[C@@H](F)C1. The van der Waals surface area contributed by atoms with Crippen molar-refractivity contribution in [1.82, 2.24) is 4.31 Å². The highest BCUT2D eigenvalue weighted by molar-refractivity contribution is 7.96. The minimum absolute atomic E-state index is 0.363. The van der Waals surface area contributed by atoms with Gasteiger partial charge in [0.15, 0.2) is 0 Å². The molecule has 1 fully saturated rings. The number of rotatable bonds is 1. The van der Waals surface area contributed by atoms with Crippen molar-refractivity contribution in [1.29, 1.82) is 0 Å². The Morgan fingerprint density at radius 2 is 2.40 bits per heavy atom. The molecular formula is C6H12FNOS. The molecule has 0 spiro atoms. The number of aliphatic hydroxyl groups is 1. The van der Waals surface area contributed by atoms with Gasteiger partial charge in [0.05, 0.1) is 6.10 Å². The molecule has 2 atom stereocenters. The summed E-state index contributed by atoms with van der Waals surface area (Å²) in [5.74, 6) is 0. The van der Waals surface area contributed by atoms with Gasteiger partial charge in [-0.3, -0.25) is 0 Å². The summed E-state index contributed by atoms with van der Waals surface area (Å²) in [5.41, 5.74) is 0. The second-order valence-electron chi connectivity index (χ2n) is 2.44. The summed E-state index contributed by atoms with van der Waals surface area (Å²) in [6, 6.07) is 0. The lowest BCUT2D eigenvalue weighted by Crippen LogP contribution is -2.41. The van der Waals surface area contributed by atoms with E-state index in [2.05, 4.69) is 0 Å². The van der Waals surface area contributed by atoms with Crippen LogP contribution in [-0.2, 0) is 0 Å². The van der Waals surface area contributed by atoms with E-state index in [9.17, 15) is 4.39 Å². The number of piperidine rings is 1. The summed E-state index contributed by atoms with van der Waals surface area (Å²) < 4.78 is 14.6. The van der Waals surface area contributed by atoms with Crippen molar-refractivity contribution >= 4 is 11.9 Å². The van der Waals surface area contributed by atoms with E-state index in [1.807, 2.05) is 10.6 Å². The van der Waals surface area contributed by atoms with Gasteiger partial charge in [0.25, 0.3) is 0 Å². The molecule has 1 saturated heterocycles. The zero-order valence-electron chi connectivity index (χ0n) is 5.96. The standard InChI is InChI=1S/C6H12FNOS/c1-10-8-3-2-6(9)5(7)4-8/h5-6,9H,2-4H2,1H3/t5-,6+/m0/s1. The first-order valence-electron chi connectivity index (χ1n) is 3.35. The van der Waals surface area contributed by atoms with Crippen molar-refractivity contribution in [3.05, 3.63) is 0 Å². The van der Waals surface area contributed by atoms with Gasteiger partial charge in [-0.05, 0) is 12.7 Å². The molecule has 0 aromatic rings.